The van der Waals surface area contributed by atoms with Crippen LogP contribution in [0.25, 0.3) is 11.4 Å². The third kappa shape index (κ3) is 4.67. The van der Waals surface area contributed by atoms with Gasteiger partial charge in [-0.25, -0.2) is 4.98 Å². The normalized spacial score (nSPS) is 14.9. The van der Waals surface area contributed by atoms with Gasteiger partial charge in [-0.15, -0.1) is 0 Å². The first kappa shape index (κ1) is 22.0. The lowest BCUT2D eigenvalue weighted by molar-refractivity contribution is -0.141. The summed E-state index contributed by atoms with van der Waals surface area (Å²) >= 11 is 0. The van der Waals surface area contributed by atoms with Gasteiger partial charge in [0.05, 0.1) is 11.3 Å². The zero-order valence-corrected chi connectivity index (χ0v) is 16.4. The van der Waals surface area contributed by atoms with Crippen molar-refractivity contribution in [2.75, 3.05) is 6.54 Å². The molecule has 3 heterocycles. The number of fused-ring (bicyclic) bond motifs is 1. The van der Waals surface area contributed by atoms with Crippen molar-refractivity contribution in [2.45, 2.75) is 31.9 Å². The topological polar surface area (TPSA) is 61.9 Å². The van der Waals surface area contributed by atoms with Gasteiger partial charge in [0.25, 0.3) is 5.56 Å². The van der Waals surface area contributed by atoms with Crippen LogP contribution in [0.15, 0.2) is 47.4 Å². The van der Waals surface area contributed by atoms with Crippen molar-refractivity contribution >= 4 is 0 Å². The quantitative estimate of drug-likeness (QED) is 0.595. The van der Waals surface area contributed by atoms with E-state index in [2.05, 4.69) is 15.0 Å². The number of benzene rings is 1. The molecule has 1 aliphatic rings. The number of nitrogens with zero attached hydrogens (tertiary/aromatic N) is 3. The van der Waals surface area contributed by atoms with Gasteiger partial charge in [-0.3, -0.25) is 14.7 Å². The number of hydrogen-bond donors (Lipinski definition) is 1. The Morgan fingerprint density at radius 2 is 1.69 bits per heavy atom. The Morgan fingerprint density at radius 1 is 0.969 bits per heavy atom. The van der Waals surface area contributed by atoms with Crippen LogP contribution >= 0.6 is 0 Å². The fourth-order valence-corrected chi connectivity index (χ4v) is 3.53. The molecule has 1 aromatic carbocycles. The highest BCUT2D eigenvalue weighted by atomic mass is 19.4. The number of H-pyrrole nitrogens is 1. The lowest BCUT2D eigenvalue weighted by Crippen LogP contribution is -2.35. The molecule has 0 amide bonds. The summed E-state index contributed by atoms with van der Waals surface area (Å²) in [4.78, 5) is 24.9. The van der Waals surface area contributed by atoms with Gasteiger partial charge in [-0.05, 0) is 30.2 Å². The average Bonchev–Trinajstić information content (AvgIpc) is 2.73. The number of aromatic nitrogens is 3. The molecular weight excluding hydrogens is 438 g/mol. The predicted molar refractivity (Wildman–Crippen MR) is 102 cm³/mol. The van der Waals surface area contributed by atoms with Crippen LogP contribution in [0.5, 0.6) is 0 Å². The van der Waals surface area contributed by atoms with Crippen molar-refractivity contribution in [3.63, 3.8) is 0 Å². The molecule has 0 saturated carbocycles. The van der Waals surface area contributed by atoms with Gasteiger partial charge in [-0.2, -0.15) is 26.3 Å². The van der Waals surface area contributed by atoms with E-state index in [1.807, 2.05) is 4.90 Å². The molecule has 0 radical (unpaired) electrons. The second kappa shape index (κ2) is 8.05. The molecule has 32 heavy (non-hydrogen) atoms. The van der Waals surface area contributed by atoms with Crippen molar-refractivity contribution in [3.05, 3.63) is 81.0 Å². The van der Waals surface area contributed by atoms with Gasteiger partial charge in [0, 0.05) is 37.0 Å². The highest BCUT2D eigenvalue weighted by Crippen LogP contribution is 2.31. The molecule has 0 saturated heterocycles. The summed E-state index contributed by atoms with van der Waals surface area (Å²) in [6.45, 7) is 1.08. The van der Waals surface area contributed by atoms with Crippen LogP contribution in [0.3, 0.4) is 0 Å². The molecule has 0 atom stereocenters. The lowest BCUT2D eigenvalue weighted by atomic mass is 10.0. The molecule has 0 spiro atoms. The largest absolute Gasteiger partial charge is 0.433 e. The smallest absolute Gasteiger partial charge is 0.306 e. The lowest BCUT2D eigenvalue weighted by Gasteiger charge is -2.27. The molecular formula is C21H16F6N4O. The summed E-state index contributed by atoms with van der Waals surface area (Å²) in [5, 5.41) is 0. The van der Waals surface area contributed by atoms with E-state index in [-0.39, 0.29) is 17.9 Å². The Morgan fingerprint density at radius 3 is 2.28 bits per heavy atom. The highest BCUT2D eigenvalue weighted by molar-refractivity contribution is 5.56. The highest BCUT2D eigenvalue weighted by Gasteiger charge is 2.32. The van der Waals surface area contributed by atoms with E-state index in [1.165, 1.54) is 18.2 Å². The number of hydrogen-bond acceptors (Lipinski definition) is 4. The van der Waals surface area contributed by atoms with E-state index in [0.29, 0.717) is 41.9 Å². The molecule has 0 fully saturated rings. The summed E-state index contributed by atoms with van der Waals surface area (Å²) in [5.41, 5.74) is -0.258. The third-order valence-electron chi connectivity index (χ3n) is 5.16. The van der Waals surface area contributed by atoms with Crippen LogP contribution in [0.2, 0.25) is 0 Å². The number of halogens is 6. The van der Waals surface area contributed by atoms with Crippen molar-refractivity contribution in [1.29, 1.82) is 0 Å². The monoisotopic (exact) mass is 454 g/mol. The summed E-state index contributed by atoms with van der Waals surface area (Å²) in [7, 11) is 0. The Bertz CT molecular complexity index is 1170. The van der Waals surface area contributed by atoms with Gasteiger partial charge in [0.2, 0.25) is 0 Å². The van der Waals surface area contributed by atoms with Crippen molar-refractivity contribution in [2.24, 2.45) is 0 Å². The fraction of sp³-hybridized carbons (Fsp3) is 0.286. The zero-order chi connectivity index (χ0) is 23.1. The van der Waals surface area contributed by atoms with Crippen molar-refractivity contribution < 1.29 is 26.3 Å². The SMILES string of the molecule is O=c1[nH]c(-c2ccc(C(F)(F)F)cc2)nc2c1CCN(Cc1ccc(C(F)(F)F)nc1)C2. The third-order valence-corrected chi connectivity index (χ3v) is 5.16. The summed E-state index contributed by atoms with van der Waals surface area (Å²) in [6.07, 6.45) is -7.43. The number of alkyl halides is 6. The molecule has 0 bridgehead atoms. The molecule has 0 aliphatic carbocycles. The zero-order valence-electron chi connectivity index (χ0n) is 16.4. The maximum absolute atomic E-state index is 12.8. The Kier molecular flexibility index (Phi) is 5.53. The van der Waals surface area contributed by atoms with E-state index in [0.717, 1.165) is 24.4 Å². The standard InChI is InChI=1S/C21H16F6N4O/c22-20(23,24)14-4-2-13(3-5-14)18-29-16-11-31(8-7-15(16)19(32)30-18)10-12-1-6-17(28-9-12)21(25,26)27/h1-6,9H,7-8,10-11H2,(H,29,30,32). The van der Waals surface area contributed by atoms with Crippen LogP contribution in [0.1, 0.15) is 28.1 Å². The van der Waals surface area contributed by atoms with Crippen molar-refractivity contribution in [1.82, 2.24) is 19.9 Å². The van der Waals surface area contributed by atoms with Crippen LogP contribution in [-0.4, -0.2) is 26.4 Å². The summed E-state index contributed by atoms with van der Waals surface area (Å²) in [6, 6.07) is 6.57. The first-order valence-electron chi connectivity index (χ1n) is 9.55. The van der Waals surface area contributed by atoms with E-state index >= 15 is 0 Å². The second-order valence-corrected chi connectivity index (χ2v) is 7.42. The van der Waals surface area contributed by atoms with Gasteiger partial charge in [0.15, 0.2) is 0 Å². The average molecular weight is 454 g/mol. The first-order chi connectivity index (χ1) is 15.0. The number of rotatable bonds is 3. The molecule has 168 valence electrons. The first-order valence-corrected chi connectivity index (χ1v) is 9.55. The van der Waals surface area contributed by atoms with Gasteiger partial charge < -0.3 is 4.98 Å². The minimum Gasteiger partial charge on any atom is -0.306 e. The minimum atomic E-state index is -4.51. The molecule has 11 heteroatoms. The molecule has 1 aliphatic heterocycles. The minimum absolute atomic E-state index is 0.153. The van der Waals surface area contributed by atoms with Crippen LogP contribution in [0, 0.1) is 0 Å². The number of nitrogens with one attached hydrogen (secondary N) is 1. The van der Waals surface area contributed by atoms with Gasteiger partial charge >= 0.3 is 12.4 Å². The summed E-state index contributed by atoms with van der Waals surface area (Å²) in [5.74, 6) is 0.153. The van der Waals surface area contributed by atoms with Gasteiger partial charge in [-0.1, -0.05) is 18.2 Å². The number of pyridine rings is 1. The molecule has 0 unspecified atom stereocenters. The van der Waals surface area contributed by atoms with Crippen molar-refractivity contribution in [3.8, 4) is 11.4 Å². The van der Waals surface area contributed by atoms with E-state index < -0.39 is 23.6 Å². The summed E-state index contributed by atoms with van der Waals surface area (Å²) < 4.78 is 76.3. The predicted octanol–water partition coefficient (Wildman–Crippen LogP) is 4.43. The Hall–Kier alpha value is -3.21. The van der Waals surface area contributed by atoms with Crippen LogP contribution < -0.4 is 5.56 Å². The molecule has 3 aromatic rings. The Labute approximate surface area is 177 Å². The maximum Gasteiger partial charge on any atom is 0.433 e. The maximum atomic E-state index is 12.8. The van der Waals surface area contributed by atoms with Crippen LogP contribution in [-0.2, 0) is 31.9 Å². The fourth-order valence-electron chi connectivity index (χ4n) is 3.53. The second-order valence-electron chi connectivity index (χ2n) is 7.42. The molecule has 2 aromatic heterocycles. The molecule has 4 rings (SSSR count). The van der Waals surface area contributed by atoms with E-state index in [4.69, 9.17) is 0 Å². The van der Waals surface area contributed by atoms with E-state index in [1.54, 1.807) is 0 Å². The Balaban J connectivity index is 1.54. The van der Waals surface area contributed by atoms with Gasteiger partial charge in [0.1, 0.15) is 11.5 Å². The molecule has 5 nitrogen and oxygen atoms in total. The van der Waals surface area contributed by atoms with E-state index in [9.17, 15) is 31.1 Å². The molecule has 1 N–H and O–H groups in total. The van der Waals surface area contributed by atoms with Crippen LogP contribution in [0.4, 0.5) is 26.3 Å². The number of aromatic amines is 1.